The lowest BCUT2D eigenvalue weighted by Gasteiger charge is -2.22. The van der Waals surface area contributed by atoms with E-state index in [1.165, 1.54) is 0 Å². The van der Waals surface area contributed by atoms with Gasteiger partial charge in [-0.05, 0) is 36.1 Å². The number of Topliss-reactive ketones (excluding diaryl/α,β-unsaturated/α-hetero) is 1. The maximum atomic E-state index is 12.9. The standard InChI is InChI=1S/C22H24N2O3/c1-14(2)16-10-7-11-17(12-16)23-20(26)18-19(25)22(3,24-21(18)27)13-15-8-5-4-6-9-15/h4-12,14,18H,13H2,1-3H3,(H,23,26)(H,24,27). The molecule has 0 spiro atoms. The third-order valence-electron chi connectivity index (χ3n) is 4.95. The van der Waals surface area contributed by atoms with E-state index in [4.69, 9.17) is 0 Å². The van der Waals surface area contributed by atoms with Gasteiger partial charge in [-0.15, -0.1) is 0 Å². The Kier molecular flexibility index (Phi) is 5.13. The van der Waals surface area contributed by atoms with Crippen molar-refractivity contribution in [3.8, 4) is 0 Å². The van der Waals surface area contributed by atoms with Crippen LogP contribution in [-0.4, -0.2) is 23.1 Å². The molecule has 2 unspecified atom stereocenters. The summed E-state index contributed by atoms with van der Waals surface area (Å²) in [5, 5.41) is 5.45. The van der Waals surface area contributed by atoms with Crippen molar-refractivity contribution >= 4 is 23.3 Å². The largest absolute Gasteiger partial charge is 0.342 e. The molecule has 3 rings (SSSR count). The SMILES string of the molecule is CC(C)c1cccc(NC(=O)C2C(=O)NC(C)(Cc3ccccc3)C2=O)c1. The Balaban J connectivity index is 1.76. The maximum absolute atomic E-state index is 12.9. The number of hydrogen-bond donors (Lipinski definition) is 2. The highest BCUT2D eigenvalue weighted by Gasteiger charge is 2.52. The van der Waals surface area contributed by atoms with Gasteiger partial charge in [0.05, 0.1) is 0 Å². The lowest BCUT2D eigenvalue weighted by atomic mass is 9.86. The zero-order valence-electron chi connectivity index (χ0n) is 15.8. The molecule has 2 aromatic carbocycles. The quantitative estimate of drug-likeness (QED) is 0.801. The number of carbonyl (C=O) groups excluding carboxylic acids is 3. The van der Waals surface area contributed by atoms with Crippen LogP contribution in [0.2, 0.25) is 0 Å². The van der Waals surface area contributed by atoms with E-state index in [0.29, 0.717) is 18.0 Å². The van der Waals surface area contributed by atoms with Crippen molar-refractivity contribution in [2.24, 2.45) is 5.92 Å². The van der Waals surface area contributed by atoms with Crippen molar-refractivity contribution in [3.05, 3.63) is 65.7 Å². The topological polar surface area (TPSA) is 75.3 Å². The minimum absolute atomic E-state index is 0.312. The molecule has 5 nitrogen and oxygen atoms in total. The molecule has 0 aliphatic carbocycles. The van der Waals surface area contributed by atoms with Gasteiger partial charge in [0.15, 0.2) is 11.7 Å². The molecule has 0 aromatic heterocycles. The lowest BCUT2D eigenvalue weighted by Crippen LogP contribution is -2.45. The van der Waals surface area contributed by atoms with Crippen LogP contribution in [0.25, 0.3) is 0 Å². The van der Waals surface area contributed by atoms with E-state index in [1.54, 1.807) is 13.0 Å². The summed E-state index contributed by atoms with van der Waals surface area (Å²) in [6, 6.07) is 16.9. The molecule has 1 saturated heterocycles. The second-order valence-electron chi connectivity index (χ2n) is 7.55. The van der Waals surface area contributed by atoms with E-state index in [0.717, 1.165) is 11.1 Å². The van der Waals surface area contributed by atoms with Gasteiger partial charge in [-0.1, -0.05) is 56.3 Å². The molecule has 0 bridgehead atoms. The first-order valence-corrected chi connectivity index (χ1v) is 9.11. The van der Waals surface area contributed by atoms with Crippen LogP contribution in [-0.2, 0) is 20.8 Å². The van der Waals surface area contributed by atoms with Crippen LogP contribution in [0.1, 0.15) is 37.8 Å². The van der Waals surface area contributed by atoms with Crippen LogP contribution in [0.4, 0.5) is 5.69 Å². The number of nitrogens with one attached hydrogen (secondary N) is 2. The van der Waals surface area contributed by atoms with Crippen LogP contribution < -0.4 is 10.6 Å². The molecule has 1 heterocycles. The van der Waals surface area contributed by atoms with Crippen molar-refractivity contribution in [2.45, 2.75) is 38.6 Å². The van der Waals surface area contributed by atoms with E-state index < -0.39 is 29.1 Å². The van der Waals surface area contributed by atoms with Gasteiger partial charge in [-0.2, -0.15) is 0 Å². The molecule has 5 heteroatoms. The molecule has 2 atom stereocenters. The second-order valence-corrected chi connectivity index (χ2v) is 7.55. The van der Waals surface area contributed by atoms with Crippen molar-refractivity contribution in [3.63, 3.8) is 0 Å². The Labute approximate surface area is 159 Å². The Hall–Kier alpha value is -2.95. The lowest BCUT2D eigenvalue weighted by molar-refractivity contribution is -0.135. The van der Waals surface area contributed by atoms with E-state index in [1.807, 2.05) is 48.5 Å². The molecule has 1 fully saturated rings. The fraction of sp³-hybridized carbons (Fsp3) is 0.318. The molecule has 140 valence electrons. The Morgan fingerprint density at radius 1 is 1.11 bits per heavy atom. The monoisotopic (exact) mass is 364 g/mol. The van der Waals surface area contributed by atoms with E-state index >= 15 is 0 Å². The number of ketones is 1. The Morgan fingerprint density at radius 2 is 1.81 bits per heavy atom. The number of hydrogen-bond acceptors (Lipinski definition) is 3. The van der Waals surface area contributed by atoms with Gasteiger partial charge >= 0.3 is 0 Å². The maximum Gasteiger partial charge on any atom is 0.244 e. The molecule has 2 N–H and O–H groups in total. The van der Waals surface area contributed by atoms with Gasteiger partial charge in [0.1, 0.15) is 5.54 Å². The molecule has 1 aliphatic rings. The average Bonchev–Trinajstić information content (AvgIpc) is 2.84. The predicted octanol–water partition coefficient (Wildman–Crippen LogP) is 3.07. The molecule has 27 heavy (non-hydrogen) atoms. The second kappa shape index (κ2) is 7.35. The normalized spacial score (nSPS) is 22.0. The fourth-order valence-corrected chi connectivity index (χ4v) is 3.41. The summed E-state index contributed by atoms with van der Waals surface area (Å²) in [4.78, 5) is 38.0. The average molecular weight is 364 g/mol. The number of rotatable bonds is 5. The molecule has 0 saturated carbocycles. The van der Waals surface area contributed by atoms with Gasteiger partial charge in [0, 0.05) is 12.1 Å². The summed E-state index contributed by atoms with van der Waals surface area (Å²) in [5.41, 5.74) is 1.51. The smallest absolute Gasteiger partial charge is 0.244 e. The first kappa shape index (κ1) is 18.8. The zero-order valence-corrected chi connectivity index (χ0v) is 15.8. The molecule has 2 amide bonds. The van der Waals surface area contributed by atoms with Crippen LogP contribution in [0.15, 0.2) is 54.6 Å². The minimum Gasteiger partial charge on any atom is -0.342 e. The molecule has 0 radical (unpaired) electrons. The summed E-state index contributed by atoms with van der Waals surface area (Å²) >= 11 is 0. The van der Waals surface area contributed by atoms with Crippen molar-refractivity contribution in [1.82, 2.24) is 5.32 Å². The van der Waals surface area contributed by atoms with Crippen molar-refractivity contribution < 1.29 is 14.4 Å². The molecular formula is C22H24N2O3. The predicted molar refractivity (Wildman–Crippen MR) is 104 cm³/mol. The third-order valence-corrected chi connectivity index (χ3v) is 4.95. The van der Waals surface area contributed by atoms with Crippen LogP contribution in [0.3, 0.4) is 0 Å². The number of anilines is 1. The highest BCUT2D eigenvalue weighted by atomic mass is 16.2. The summed E-state index contributed by atoms with van der Waals surface area (Å²) in [6.45, 7) is 5.79. The first-order valence-electron chi connectivity index (χ1n) is 9.11. The number of amides is 2. The van der Waals surface area contributed by atoms with Gasteiger partial charge in [-0.3, -0.25) is 14.4 Å². The van der Waals surface area contributed by atoms with E-state index in [-0.39, 0.29) is 0 Å². The summed E-state index contributed by atoms with van der Waals surface area (Å²) in [5.74, 6) is -2.55. The first-order chi connectivity index (χ1) is 12.8. The molecule has 2 aromatic rings. The summed E-state index contributed by atoms with van der Waals surface area (Å²) in [7, 11) is 0. The molecule has 1 aliphatic heterocycles. The Bertz CT molecular complexity index is 876. The van der Waals surface area contributed by atoms with E-state index in [9.17, 15) is 14.4 Å². The van der Waals surface area contributed by atoms with Crippen molar-refractivity contribution in [2.75, 3.05) is 5.32 Å². The van der Waals surface area contributed by atoms with Crippen molar-refractivity contribution in [1.29, 1.82) is 0 Å². The van der Waals surface area contributed by atoms with Gasteiger partial charge < -0.3 is 10.6 Å². The van der Waals surface area contributed by atoms with E-state index in [2.05, 4.69) is 24.5 Å². The summed E-state index contributed by atoms with van der Waals surface area (Å²) < 4.78 is 0. The Morgan fingerprint density at radius 3 is 2.48 bits per heavy atom. The number of carbonyl (C=O) groups is 3. The van der Waals surface area contributed by atoms with Gasteiger partial charge in [-0.25, -0.2) is 0 Å². The fourth-order valence-electron chi connectivity index (χ4n) is 3.41. The minimum atomic E-state index is -1.33. The van der Waals surface area contributed by atoms with Gasteiger partial charge in [0.2, 0.25) is 11.8 Å². The molecular weight excluding hydrogens is 340 g/mol. The number of benzene rings is 2. The highest BCUT2D eigenvalue weighted by molar-refractivity contribution is 6.27. The van der Waals surface area contributed by atoms with Crippen LogP contribution in [0.5, 0.6) is 0 Å². The van der Waals surface area contributed by atoms with Crippen LogP contribution in [0, 0.1) is 5.92 Å². The van der Waals surface area contributed by atoms with Crippen LogP contribution >= 0.6 is 0 Å². The summed E-state index contributed by atoms with van der Waals surface area (Å²) in [6.07, 6.45) is 0.352. The highest BCUT2D eigenvalue weighted by Crippen LogP contribution is 2.27. The third kappa shape index (κ3) is 3.92. The van der Waals surface area contributed by atoms with Gasteiger partial charge in [0.25, 0.3) is 0 Å². The zero-order chi connectivity index (χ0) is 19.6.